The van der Waals surface area contributed by atoms with Crippen LogP contribution in [-0.2, 0) is 4.79 Å². The smallest absolute Gasteiger partial charge is 0.223 e. The van der Waals surface area contributed by atoms with Crippen LogP contribution in [0.25, 0.3) is 0 Å². The second-order valence-electron chi connectivity index (χ2n) is 4.09. The van der Waals surface area contributed by atoms with Gasteiger partial charge in [0.15, 0.2) is 0 Å². The van der Waals surface area contributed by atoms with Gasteiger partial charge in [-0.1, -0.05) is 28.8 Å². The number of fused-ring (bicyclic) bond motifs is 1. The Morgan fingerprint density at radius 1 is 1.38 bits per heavy atom. The fourth-order valence-corrected chi connectivity index (χ4v) is 3.13. The topological polar surface area (TPSA) is 20.3 Å². The van der Waals surface area contributed by atoms with E-state index < -0.39 is 0 Å². The van der Waals surface area contributed by atoms with E-state index in [9.17, 15) is 4.79 Å². The standard InChI is InChI=1S/C10H16BrNO/c11-5-6-12-9-4-2-1-3-8(9)7-10(12)13/h8-9H,1-7H2. The molecule has 0 radical (unpaired) electrons. The molecule has 3 heteroatoms. The molecule has 2 fully saturated rings. The molecule has 0 aromatic carbocycles. The summed E-state index contributed by atoms with van der Waals surface area (Å²) in [5.41, 5.74) is 0. The summed E-state index contributed by atoms with van der Waals surface area (Å²) in [7, 11) is 0. The zero-order valence-electron chi connectivity index (χ0n) is 7.84. The third kappa shape index (κ3) is 1.76. The van der Waals surface area contributed by atoms with Gasteiger partial charge in [-0.3, -0.25) is 4.79 Å². The highest BCUT2D eigenvalue weighted by Gasteiger charge is 2.39. The van der Waals surface area contributed by atoms with Gasteiger partial charge in [0.1, 0.15) is 0 Å². The third-order valence-corrected chi connectivity index (χ3v) is 3.71. The Hall–Kier alpha value is -0.0500. The first-order valence-corrected chi connectivity index (χ1v) is 6.30. The maximum atomic E-state index is 11.6. The van der Waals surface area contributed by atoms with Crippen molar-refractivity contribution in [1.82, 2.24) is 4.90 Å². The normalized spacial score (nSPS) is 33.6. The highest BCUT2D eigenvalue weighted by molar-refractivity contribution is 9.09. The molecule has 2 rings (SSSR count). The average molecular weight is 246 g/mol. The molecule has 2 aliphatic rings. The SMILES string of the molecule is O=C1CC2CCCCC2N1CCBr. The second-order valence-corrected chi connectivity index (χ2v) is 4.89. The van der Waals surface area contributed by atoms with Gasteiger partial charge < -0.3 is 4.90 Å². The fraction of sp³-hybridized carbons (Fsp3) is 0.900. The van der Waals surface area contributed by atoms with Crippen LogP contribution in [0.3, 0.4) is 0 Å². The molecule has 1 aliphatic heterocycles. The molecule has 2 nitrogen and oxygen atoms in total. The molecular formula is C10H16BrNO. The predicted octanol–water partition coefficient (Wildman–Crippen LogP) is 2.17. The van der Waals surface area contributed by atoms with Crippen LogP contribution < -0.4 is 0 Å². The maximum Gasteiger partial charge on any atom is 0.223 e. The largest absolute Gasteiger partial charge is 0.339 e. The minimum absolute atomic E-state index is 0.386. The van der Waals surface area contributed by atoms with Crippen LogP contribution in [-0.4, -0.2) is 28.7 Å². The number of hydrogen-bond donors (Lipinski definition) is 0. The Morgan fingerprint density at radius 2 is 2.15 bits per heavy atom. The van der Waals surface area contributed by atoms with E-state index in [1.165, 1.54) is 25.7 Å². The van der Waals surface area contributed by atoms with Gasteiger partial charge in [0.25, 0.3) is 0 Å². The summed E-state index contributed by atoms with van der Waals surface area (Å²) in [5, 5.41) is 0.919. The number of likely N-dealkylation sites (tertiary alicyclic amines) is 1. The van der Waals surface area contributed by atoms with E-state index in [0.717, 1.165) is 18.3 Å². The van der Waals surface area contributed by atoms with Crippen molar-refractivity contribution in [2.24, 2.45) is 5.92 Å². The lowest BCUT2D eigenvalue weighted by Crippen LogP contribution is -2.37. The molecule has 1 saturated carbocycles. The van der Waals surface area contributed by atoms with E-state index in [2.05, 4.69) is 20.8 Å². The Labute approximate surface area is 87.8 Å². The molecule has 1 saturated heterocycles. The molecule has 0 aromatic rings. The number of alkyl halides is 1. The summed E-state index contributed by atoms with van der Waals surface area (Å²) < 4.78 is 0. The number of hydrogen-bond acceptors (Lipinski definition) is 1. The molecule has 2 unspecified atom stereocenters. The fourth-order valence-electron chi connectivity index (χ4n) is 2.74. The molecule has 1 heterocycles. The summed E-state index contributed by atoms with van der Waals surface area (Å²) >= 11 is 3.41. The van der Waals surface area contributed by atoms with Crippen LogP contribution in [0.4, 0.5) is 0 Å². The van der Waals surface area contributed by atoms with Gasteiger partial charge in [0.05, 0.1) is 0 Å². The second kappa shape index (κ2) is 3.99. The van der Waals surface area contributed by atoms with Gasteiger partial charge in [0, 0.05) is 24.3 Å². The number of carbonyl (C=O) groups excluding carboxylic acids is 1. The first kappa shape index (κ1) is 9.50. The predicted molar refractivity (Wildman–Crippen MR) is 55.9 cm³/mol. The van der Waals surface area contributed by atoms with Gasteiger partial charge in [0.2, 0.25) is 5.91 Å². The number of rotatable bonds is 2. The van der Waals surface area contributed by atoms with Gasteiger partial charge in [-0.25, -0.2) is 0 Å². The summed E-state index contributed by atoms with van der Waals surface area (Å²) in [6.07, 6.45) is 5.97. The van der Waals surface area contributed by atoms with Crippen LogP contribution in [0.1, 0.15) is 32.1 Å². The number of nitrogens with zero attached hydrogens (tertiary/aromatic N) is 1. The van der Waals surface area contributed by atoms with Gasteiger partial charge in [-0.05, 0) is 18.8 Å². The summed E-state index contributed by atoms with van der Waals surface area (Å²) in [4.78, 5) is 13.7. The zero-order valence-corrected chi connectivity index (χ0v) is 9.42. The number of amides is 1. The van der Waals surface area contributed by atoms with E-state index in [1.54, 1.807) is 0 Å². The molecule has 1 amide bonds. The molecule has 2 atom stereocenters. The molecule has 0 spiro atoms. The van der Waals surface area contributed by atoms with Crippen molar-refractivity contribution in [3.8, 4) is 0 Å². The average Bonchev–Trinajstić information content (AvgIpc) is 2.44. The van der Waals surface area contributed by atoms with Crippen LogP contribution in [0.2, 0.25) is 0 Å². The molecule has 0 aromatic heterocycles. The van der Waals surface area contributed by atoms with Gasteiger partial charge in [-0.2, -0.15) is 0 Å². The monoisotopic (exact) mass is 245 g/mol. The maximum absolute atomic E-state index is 11.6. The van der Waals surface area contributed by atoms with E-state index in [1.807, 2.05) is 0 Å². The van der Waals surface area contributed by atoms with E-state index >= 15 is 0 Å². The van der Waals surface area contributed by atoms with Crippen molar-refractivity contribution in [3.63, 3.8) is 0 Å². The summed E-state index contributed by atoms with van der Waals surface area (Å²) in [6, 6.07) is 0.582. The number of halogens is 1. The lowest BCUT2D eigenvalue weighted by Gasteiger charge is -2.31. The van der Waals surface area contributed by atoms with E-state index in [4.69, 9.17) is 0 Å². The highest BCUT2D eigenvalue weighted by atomic mass is 79.9. The molecule has 0 bridgehead atoms. The van der Waals surface area contributed by atoms with Gasteiger partial charge in [-0.15, -0.1) is 0 Å². The molecule has 1 aliphatic carbocycles. The number of carbonyl (C=O) groups is 1. The minimum Gasteiger partial charge on any atom is -0.339 e. The third-order valence-electron chi connectivity index (χ3n) is 3.35. The first-order valence-electron chi connectivity index (χ1n) is 5.18. The molecule has 0 N–H and O–H groups in total. The van der Waals surface area contributed by atoms with Crippen molar-refractivity contribution >= 4 is 21.8 Å². The molecule has 13 heavy (non-hydrogen) atoms. The van der Waals surface area contributed by atoms with Crippen molar-refractivity contribution < 1.29 is 4.79 Å². The quantitative estimate of drug-likeness (QED) is 0.684. The van der Waals surface area contributed by atoms with Crippen molar-refractivity contribution in [3.05, 3.63) is 0 Å². The van der Waals surface area contributed by atoms with Crippen LogP contribution in [0.15, 0.2) is 0 Å². The lowest BCUT2D eigenvalue weighted by molar-refractivity contribution is -0.128. The van der Waals surface area contributed by atoms with Crippen LogP contribution >= 0.6 is 15.9 Å². The van der Waals surface area contributed by atoms with E-state index in [0.29, 0.717) is 17.9 Å². The molecule has 74 valence electrons. The Kier molecular flexibility index (Phi) is 2.92. The zero-order chi connectivity index (χ0) is 9.26. The van der Waals surface area contributed by atoms with Crippen molar-refractivity contribution in [1.29, 1.82) is 0 Å². The van der Waals surface area contributed by atoms with Crippen LogP contribution in [0.5, 0.6) is 0 Å². The summed E-state index contributed by atoms with van der Waals surface area (Å²) in [6.45, 7) is 0.903. The Balaban J connectivity index is 2.04. The molecular weight excluding hydrogens is 230 g/mol. The lowest BCUT2D eigenvalue weighted by atomic mass is 9.85. The summed E-state index contributed by atoms with van der Waals surface area (Å²) in [5.74, 6) is 1.07. The van der Waals surface area contributed by atoms with Crippen molar-refractivity contribution in [2.75, 3.05) is 11.9 Å². The van der Waals surface area contributed by atoms with Gasteiger partial charge >= 0.3 is 0 Å². The minimum atomic E-state index is 0.386. The van der Waals surface area contributed by atoms with Crippen LogP contribution in [0, 0.1) is 5.92 Å². The Bertz CT molecular complexity index is 207. The highest BCUT2D eigenvalue weighted by Crippen LogP contribution is 2.36. The van der Waals surface area contributed by atoms with Crippen molar-refractivity contribution in [2.45, 2.75) is 38.1 Å². The van der Waals surface area contributed by atoms with E-state index in [-0.39, 0.29) is 0 Å². The first-order chi connectivity index (χ1) is 6.33. The Morgan fingerprint density at radius 3 is 2.92 bits per heavy atom.